The number of nitrogens with one attached hydrogen (secondary N) is 2. The quantitative estimate of drug-likeness (QED) is 0.635. The average Bonchev–Trinajstić information content (AvgIpc) is 3.34. The van der Waals surface area contributed by atoms with Crippen LogP contribution in [0.3, 0.4) is 0 Å². The van der Waals surface area contributed by atoms with Gasteiger partial charge in [-0.2, -0.15) is 0 Å². The summed E-state index contributed by atoms with van der Waals surface area (Å²) in [6, 6.07) is 3.83. The van der Waals surface area contributed by atoms with Crippen LogP contribution < -0.4 is 5.32 Å². The number of aromatic amines is 1. The summed E-state index contributed by atoms with van der Waals surface area (Å²) in [5, 5.41) is 3.07. The van der Waals surface area contributed by atoms with E-state index in [2.05, 4.69) is 20.3 Å². The van der Waals surface area contributed by atoms with E-state index in [1.807, 2.05) is 26.8 Å². The highest BCUT2D eigenvalue weighted by Crippen LogP contribution is 2.30. The first-order valence-corrected chi connectivity index (χ1v) is 10.5. The van der Waals surface area contributed by atoms with Crippen molar-refractivity contribution >= 4 is 34.2 Å². The highest BCUT2D eigenvalue weighted by molar-refractivity contribution is 7.17. The van der Waals surface area contributed by atoms with Gasteiger partial charge in [-0.25, -0.2) is 9.97 Å². The van der Waals surface area contributed by atoms with Crippen LogP contribution in [-0.4, -0.2) is 45.9 Å². The molecule has 0 unspecified atom stereocenters. The van der Waals surface area contributed by atoms with Crippen LogP contribution in [0.1, 0.15) is 53.6 Å². The molecule has 0 radical (unpaired) electrons. The number of ether oxygens (including phenoxy) is 1. The van der Waals surface area contributed by atoms with Crippen LogP contribution in [0.4, 0.5) is 0 Å². The van der Waals surface area contributed by atoms with Crippen molar-refractivity contribution in [2.75, 3.05) is 13.2 Å². The van der Waals surface area contributed by atoms with Crippen molar-refractivity contribution in [3.05, 3.63) is 35.0 Å². The van der Waals surface area contributed by atoms with Gasteiger partial charge >= 0.3 is 0 Å². The molecule has 3 aromatic rings. The average molecular weight is 413 g/mol. The fourth-order valence-electron chi connectivity index (χ4n) is 3.28. The molecule has 2 N–H and O–H groups in total. The Balaban J connectivity index is 1.59. The SMILES string of the molecule is CC(C)(C)C(=O)c1c[nH]c2ncc(-c3ccc(C(=O)NC4CCOCC4)s3)nc12. The summed E-state index contributed by atoms with van der Waals surface area (Å²) >= 11 is 1.37. The standard InChI is InChI=1S/C21H24N4O3S/c1-21(2,3)18(26)13-10-22-19-17(13)25-14(11-23-19)15-4-5-16(29-15)20(27)24-12-6-8-28-9-7-12/h4-5,10-12H,6-9H2,1-3H3,(H,22,23)(H,24,27). The van der Waals surface area contributed by atoms with Gasteiger partial charge in [0.25, 0.3) is 5.91 Å². The van der Waals surface area contributed by atoms with Crippen molar-refractivity contribution in [1.29, 1.82) is 0 Å². The van der Waals surface area contributed by atoms with E-state index in [9.17, 15) is 9.59 Å². The molecule has 152 valence electrons. The number of nitrogens with zero attached hydrogens (tertiary/aromatic N) is 2. The monoisotopic (exact) mass is 412 g/mol. The Morgan fingerprint density at radius 3 is 2.72 bits per heavy atom. The summed E-state index contributed by atoms with van der Waals surface area (Å²) in [6.45, 7) is 7.02. The van der Waals surface area contributed by atoms with Gasteiger partial charge in [-0.3, -0.25) is 9.59 Å². The number of amides is 1. The summed E-state index contributed by atoms with van der Waals surface area (Å²) in [6.07, 6.45) is 5.01. The van der Waals surface area contributed by atoms with Crippen molar-refractivity contribution in [3.63, 3.8) is 0 Å². The second-order valence-electron chi connectivity index (χ2n) is 8.26. The predicted octanol–water partition coefficient (Wildman–Crippen LogP) is 3.82. The van der Waals surface area contributed by atoms with E-state index < -0.39 is 5.41 Å². The van der Waals surface area contributed by atoms with Crippen LogP contribution in [0.15, 0.2) is 24.5 Å². The predicted molar refractivity (Wildman–Crippen MR) is 112 cm³/mol. The minimum absolute atomic E-state index is 0.0120. The zero-order valence-electron chi connectivity index (χ0n) is 16.7. The molecule has 3 aromatic heterocycles. The van der Waals surface area contributed by atoms with E-state index >= 15 is 0 Å². The van der Waals surface area contributed by atoms with Crippen LogP contribution in [0, 0.1) is 5.41 Å². The van der Waals surface area contributed by atoms with E-state index in [0.29, 0.717) is 40.5 Å². The second-order valence-corrected chi connectivity index (χ2v) is 9.34. The molecule has 0 spiro atoms. The Bertz CT molecular complexity index is 1060. The number of fused-ring (bicyclic) bond motifs is 1. The molecule has 1 aliphatic heterocycles. The second kappa shape index (κ2) is 7.68. The molecule has 8 heteroatoms. The number of thiophene rings is 1. The van der Waals surface area contributed by atoms with E-state index in [0.717, 1.165) is 17.7 Å². The van der Waals surface area contributed by atoms with Gasteiger partial charge in [0.2, 0.25) is 0 Å². The molecule has 0 bridgehead atoms. The molecule has 4 heterocycles. The first-order valence-electron chi connectivity index (χ1n) is 9.70. The van der Waals surface area contributed by atoms with Gasteiger partial charge < -0.3 is 15.0 Å². The normalized spacial score (nSPS) is 15.6. The van der Waals surface area contributed by atoms with Crippen LogP contribution >= 0.6 is 11.3 Å². The first-order chi connectivity index (χ1) is 13.8. The highest BCUT2D eigenvalue weighted by Gasteiger charge is 2.26. The Hall–Kier alpha value is -2.58. The minimum atomic E-state index is -0.509. The summed E-state index contributed by atoms with van der Waals surface area (Å²) in [7, 11) is 0. The molecule has 0 aromatic carbocycles. The number of hydrogen-bond donors (Lipinski definition) is 2. The lowest BCUT2D eigenvalue weighted by Gasteiger charge is -2.22. The van der Waals surface area contributed by atoms with Gasteiger partial charge in [0.15, 0.2) is 11.4 Å². The highest BCUT2D eigenvalue weighted by atomic mass is 32.1. The number of carbonyl (C=O) groups excluding carboxylic acids is 2. The molecule has 1 amide bonds. The molecule has 29 heavy (non-hydrogen) atoms. The van der Waals surface area contributed by atoms with Crippen molar-refractivity contribution in [3.8, 4) is 10.6 Å². The molecule has 0 aliphatic carbocycles. The van der Waals surface area contributed by atoms with E-state index in [1.54, 1.807) is 18.5 Å². The number of rotatable bonds is 4. The van der Waals surface area contributed by atoms with Crippen LogP contribution in [0.5, 0.6) is 0 Å². The minimum Gasteiger partial charge on any atom is -0.381 e. The molecular formula is C21H24N4O3S. The van der Waals surface area contributed by atoms with E-state index in [-0.39, 0.29) is 17.7 Å². The van der Waals surface area contributed by atoms with Crippen LogP contribution in [0.25, 0.3) is 21.7 Å². The maximum atomic E-state index is 12.7. The Morgan fingerprint density at radius 1 is 1.24 bits per heavy atom. The van der Waals surface area contributed by atoms with Gasteiger partial charge in [-0.15, -0.1) is 11.3 Å². The fourth-order valence-corrected chi connectivity index (χ4v) is 4.15. The van der Waals surface area contributed by atoms with Crippen molar-refractivity contribution in [1.82, 2.24) is 20.3 Å². The molecule has 0 saturated carbocycles. The number of H-pyrrole nitrogens is 1. The zero-order chi connectivity index (χ0) is 20.6. The lowest BCUT2D eigenvalue weighted by Crippen LogP contribution is -2.38. The summed E-state index contributed by atoms with van der Waals surface area (Å²) < 4.78 is 5.33. The number of ketones is 1. The van der Waals surface area contributed by atoms with Crippen LogP contribution in [0.2, 0.25) is 0 Å². The van der Waals surface area contributed by atoms with Crippen molar-refractivity contribution in [2.45, 2.75) is 39.7 Å². The third-order valence-corrected chi connectivity index (χ3v) is 6.05. The van der Waals surface area contributed by atoms with Gasteiger partial charge in [-0.1, -0.05) is 20.8 Å². The molecule has 0 atom stereocenters. The van der Waals surface area contributed by atoms with Gasteiger partial charge in [0, 0.05) is 30.9 Å². The summed E-state index contributed by atoms with van der Waals surface area (Å²) in [5.41, 5.74) is 1.82. The zero-order valence-corrected chi connectivity index (χ0v) is 17.6. The Labute approximate surface area is 172 Å². The number of aromatic nitrogens is 3. The van der Waals surface area contributed by atoms with E-state index in [4.69, 9.17) is 4.74 Å². The Morgan fingerprint density at radius 2 is 2.00 bits per heavy atom. The van der Waals surface area contributed by atoms with Crippen molar-refractivity contribution < 1.29 is 14.3 Å². The number of Topliss-reactive ketones (excluding diaryl/α,β-unsaturated/α-hetero) is 1. The third kappa shape index (κ3) is 4.09. The summed E-state index contributed by atoms with van der Waals surface area (Å²) in [5.74, 6) is -0.0645. The molecule has 4 rings (SSSR count). The van der Waals surface area contributed by atoms with Crippen LogP contribution in [-0.2, 0) is 4.74 Å². The Kier molecular flexibility index (Phi) is 5.23. The molecule has 1 aliphatic rings. The lowest BCUT2D eigenvalue weighted by atomic mass is 9.87. The maximum absolute atomic E-state index is 12.7. The molecular weight excluding hydrogens is 388 g/mol. The molecule has 1 fully saturated rings. The third-order valence-electron chi connectivity index (χ3n) is 4.95. The summed E-state index contributed by atoms with van der Waals surface area (Å²) in [4.78, 5) is 38.9. The van der Waals surface area contributed by atoms with Crippen molar-refractivity contribution in [2.24, 2.45) is 5.41 Å². The largest absolute Gasteiger partial charge is 0.381 e. The lowest BCUT2D eigenvalue weighted by molar-refractivity contribution is 0.0698. The van der Waals surface area contributed by atoms with E-state index in [1.165, 1.54) is 11.3 Å². The number of hydrogen-bond acceptors (Lipinski definition) is 6. The van der Waals surface area contributed by atoms with Gasteiger partial charge in [0.05, 0.1) is 27.2 Å². The topological polar surface area (TPSA) is 97.0 Å². The maximum Gasteiger partial charge on any atom is 0.261 e. The molecule has 7 nitrogen and oxygen atoms in total. The smallest absolute Gasteiger partial charge is 0.261 e. The van der Waals surface area contributed by atoms with Gasteiger partial charge in [-0.05, 0) is 25.0 Å². The fraction of sp³-hybridized carbons (Fsp3) is 0.429. The first kappa shape index (κ1) is 19.7. The van der Waals surface area contributed by atoms with Gasteiger partial charge in [0.1, 0.15) is 5.52 Å². The molecule has 1 saturated heterocycles. The number of carbonyl (C=O) groups is 2.